The van der Waals surface area contributed by atoms with E-state index in [-0.39, 0.29) is 0 Å². The molecule has 5 aromatic carbocycles. The smallest absolute Gasteiger partial charge is 0.00264 e. The first kappa shape index (κ1) is 19.3. The molecule has 2 aliphatic carbocycles. The molecular weight excluding hydrogens is 408 g/mol. The Kier molecular flexibility index (Phi) is 4.38. The van der Waals surface area contributed by atoms with E-state index < -0.39 is 0 Å². The lowest BCUT2D eigenvalue weighted by atomic mass is 9.93. The maximum Gasteiger partial charge on any atom is -0.00264 e. The predicted octanol–water partition coefficient (Wildman–Crippen LogP) is 9.55. The van der Waals surface area contributed by atoms with Crippen molar-refractivity contribution in [3.8, 4) is 44.5 Å². The molecule has 0 spiro atoms. The van der Waals surface area contributed by atoms with Gasteiger partial charge in [0.05, 0.1) is 0 Å². The zero-order valence-corrected chi connectivity index (χ0v) is 19.0. The van der Waals surface area contributed by atoms with Crippen molar-refractivity contribution >= 4 is 16.3 Å². The van der Waals surface area contributed by atoms with E-state index in [9.17, 15) is 0 Å². The van der Waals surface area contributed by atoms with Crippen LogP contribution in [-0.4, -0.2) is 0 Å². The summed E-state index contributed by atoms with van der Waals surface area (Å²) < 4.78 is 0. The molecule has 0 atom stereocenters. The second-order valence-electron chi connectivity index (χ2n) is 9.27. The molecule has 0 nitrogen and oxygen atoms in total. The molecule has 0 bridgehead atoms. The molecule has 2 aliphatic rings. The van der Waals surface area contributed by atoms with Crippen LogP contribution in [0.5, 0.6) is 0 Å². The normalized spacial score (nSPS) is 13.7. The molecule has 0 fully saturated rings. The molecule has 0 heterocycles. The molecule has 5 aromatic rings. The number of hydrogen-bond donors (Lipinski definition) is 0. The van der Waals surface area contributed by atoms with Crippen LogP contribution in [0, 0.1) is 0 Å². The molecule has 0 heteroatoms. The molecule has 0 saturated heterocycles. The van der Waals surface area contributed by atoms with Crippen molar-refractivity contribution in [2.75, 3.05) is 0 Å². The molecule has 0 amide bonds. The van der Waals surface area contributed by atoms with Crippen molar-refractivity contribution in [3.05, 3.63) is 127 Å². The summed E-state index contributed by atoms with van der Waals surface area (Å²) in [6.45, 7) is 0. The summed E-state index contributed by atoms with van der Waals surface area (Å²) in [5, 5.41) is 2.70. The standard InChI is InChI=1S/C34H24/c1-2-8-23(9-3-1)25-12-4-13-26(20-25)27-14-5-15-28(21-27)29-18-19-30-31-16-6-10-24-11-7-17-32(34(24)31)33(30)22-29/h2,4-22H,1,3H2. The van der Waals surface area contributed by atoms with E-state index in [1.807, 2.05) is 0 Å². The number of fused-ring (bicyclic) bond motifs is 3. The van der Waals surface area contributed by atoms with Crippen molar-refractivity contribution < 1.29 is 0 Å². The van der Waals surface area contributed by atoms with Gasteiger partial charge in [0.15, 0.2) is 0 Å². The number of hydrogen-bond acceptors (Lipinski definition) is 0. The molecule has 7 rings (SSSR count). The Morgan fingerprint density at radius 2 is 1.06 bits per heavy atom. The Hall–Kier alpha value is -4.16. The lowest BCUT2D eigenvalue weighted by Gasteiger charge is -2.11. The highest BCUT2D eigenvalue weighted by Gasteiger charge is 2.21. The predicted molar refractivity (Wildman–Crippen MR) is 146 cm³/mol. The molecule has 0 aromatic heterocycles. The highest BCUT2D eigenvalue weighted by atomic mass is 14.2. The Bertz CT molecular complexity index is 1640. The van der Waals surface area contributed by atoms with Crippen LogP contribution in [0.2, 0.25) is 0 Å². The Balaban J connectivity index is 1.30. The van der Waals surface area contributed by atoms with Gasteiger partial charge in [0.25, 0.3) is 0 Å². The van der Waals surface area contributed by atoms with Gasteiger partial charge in [-0.2, -0.15) is 0 Å². The Morgan fingerprint density at radius 1 is 0.441 bits per heavy atom. The zero-order chi connectivity index (χ0) is 22.5. The lowest BCUT2D eigenvalue weighted by Crippen LogP contribution is -1.88. The van der Waals surface area contributed by atoms with E-state index in [1.54, 1.807) is 0 Å². The average molecular weight is 433 g/mol. The van der Waals surface area contributed by atoms with Gasteiger partial charge in [0, 0.05) is 0 Å². The van der Waals surface area contributed by atoms with Crippen molar-refractivity contribution in [3.63, 3.8) is 0 Å². The Labute approximate surface area is 200 Å². The van der Waals surface area contributed by atoms with Gasteiger partial charge in [-0.1, -0.05) is 103 Å². The summed E-state index contributed by atoms with van der Waals surface area (Å²) in [4.78, 5) is 0. The number of allylic oxidation sites excluding steroid dienone is 4. The fourth-order valence-corrected chi connectivity index (χ4v) is 5.56. The second kappa shape index (κ2) is 7.71. The fraction of sp³-hybridized carbons (Fsp3) is 0.0588. The molecule has 0 aliphatic heterocycles. The molecule has 0 N–H and O–H groups in total. The van der Waals surface area contributed by atoms with Gasteiger partial charge < -0.3 is 0 Å². The van der Waals surface area contributed by atoms with E-state index in [1.165, 1.54) is 66.4 Å². The maximum atomic E-state index is 2.37. The van der Waals surface area contributed by atoms with Gasteiger partial charge in [0.1, 0.15) is 0 Å². The largest absolute Gasteiger partial charge is 0.0836 e. The van der Waals surface area contributed by atoms with E-state index in [0.717, 1.165) is 12.8 Å². The van der Waals surface area contributed by atoms with Crippen molar-refractivity contribution in [1.29, 1.82) is 0 Å². The van der Waals surface area contributed by atoms with Gasteiger partial charge in [-0.15, -0.1) is 0 Å². The molecule has 160 valence electrons. The summed E-state index contributed by atoms with van der Waals surface area (Å²) in [6, 6.07) is 38.1. The zero-order valence-electron chi connectivity index (χ0n) is 19.0. The van der Waals surface area contributed by atoms with E-state index >= 15 is 0 Å². The third kappa shape index (κ3) is 3.07. The summed E-state index contributed by atoms with van der Waals surface area (Å²) in [5.41, 5.74) is 13.0. The molecule has 34 heavy (non-hydrogen) atoms. The van der Waals surface area contributed by atoms with Crippen LogP contribution in [0.25, 0.3) is 60.9 Å². The third-order valence-electron chi connectivity index (χ3n) is 7.22. The molecular formula is C34H24. The van der Waals surface area contributed by atoms with Crippen LogP contribution in [-0.2, 0) is 0 Å². The quantitative estimate of drug-likeness (QED) is 0.261. The first-order chi connectivity index (χ1) is 16.8. The van der Waals surface area contributed by atoms with Crippen LogP contribution < -0.4 is 0 Å². The van der Waals surface area contributed by atoms with Crippen molar-refractivity contribution in [1.82, 2.24) is 0 Å². The van der Waals surface area contributed by atoms with Gasteiger partial charge in [-0.25, -0.2) is 0 Å². The highest BCUT2D eigenvalue weighted by Crippen LogP contribution is 2.48. The SMILES string of the molecule is C1=CC(c2cccc(-c3cccc(-c4ccc5c(c4)-c4cccc6cccc-5c46)c3)c2)=CCC1. The minimum Gasteiger partial charge on any atom is -0.0836 e. The monoisotopic (exact) mass is 432 g/mol. The van der Waals surface area contributed by atoms with E-state index in [0.29, 0.717) is 0 Å². The number of rotatable bonds is 3. The van der Waals surface area contributed by atoms with Crippen LogP contribution in [0.4, 0.5) is 0 Å². The average Bonchev–Trinajstić information content (AvgIpc) is 3.24. The number of benzene rings is 5. The lowest BCUT2D eigenvalue weighted by molar-refractivity contribution is 1.04. The first-order valence-electron chi connectivity index (χ1n) is 12.1. The van der Waals surface area contributed by atoms with E-state index in [4.69, 9.17) is 0 Å². The summed E-state index contributed by atoms with van der Waals surface area (Å²) in [6.07, 6.45) is 9.14. The topological polar surface area (TPSA) is 0 Å². The first-order valence-corrected chi connectivity index (χ1v) is 12.1. The maximum absolute atomic E-state index is 2.37. The summed E-state index contributed by atoms with van der Waals surface area (Å²) in [5.74, 6) is 0. The minimum atomic E-state index is 1.13. The van der Waals surface area contributed by atoms with E-state index in [2.05, 4.69) is 121 Å². The highest BCUT2D eigenvalue weighted by molar-refractivity contribution is 6.15. The van der Waals surface area contributed by atoms with Crippen molar-refractivity contribution in [2.45, 2.75) is 12.8 Å². The third-order valence-corrected chi connectivity index (χ3v) is 7.22. The van der Waals surface area contributed by atoms with Crippen LogP contribution in [0.1, 0.15) is 18.4 Å². The van der Waals surface area contributed by atoms with Gasteiger partial charge in [-0.05, 0) is 97.5 Å². The second-order valence-corrected chi connectivity index (χ2v) is 9.27. The van der Waals surface area contributed by atoms with Crippen LogP contribution in [0.3, 0.4) is 0 Å². The van der Waals surface area contributed by atoms with Crippen molar-refractivity contribution in [2.24, 2.45) is 0 Å². The molecule has 0 unspecified atom stereocenters. The summed E-state index contributed by atoms with van der Waals surface area (Å²) in [7, 11) is 0. The molecule has 0 radical (unpaired) electrons. The van der Waals surface area contributed by atoms with Crippen LogP contribution in [0.15, 0.2) is 121 Å². The minimum absolute atomic E-state index is 1.13. The van der Waals surface area contributed by atoms with Gasteiger partial charge in [0.2, 0.25) is 0 Å². The Morgan fingerprint density at radius 3 is 1.76 bits per heavy atom. The molecule has 0 saturated carbocycles. The fourth-order valence-electron chi connectivity index (χ4n) is 5.56. The van der Waals surface area contributed by atoms with Crippen LogP contribution >= 0.6 is 0 Å². The summed E-state index contributed by atoms with van der Waals surface area (Å²) >= 11 is 0. The van der Waals surface area contributed by atoms with Gasteiger partial charge in [-0.3, -0.25) is 0 Å². The van der Waals surface area contributed by atoms with Gasteiger partial charge >= 0.3 is 0 Å².